The van der Waals surface area contributed by atoms with Gasteiger partial charge in [0.05, 0.1) is 10.0 Å². The molecule has 0 radical (unpaired) electrons. The second-order valence-corrected chi connectivity index (χ2v) is 12.3. The second kappa shape index (κ2) is 12.6. The Morgan fingerprint density at radius 2 is 1.85 bits per heavy atom. The predicted octanol–water partition coefficient (Wildman–Crippen LogP) is 5.35. The molecular weight excluding hydrogens is 567 g/mol. The molecule has 9 nitrogen and oxygen atoms in total. The number of amides is 2. The molecule has 0 bridgehead atoms. The molecule has 11 heteroatoms. The normalized spacial score (nSPS) is 20.4. The van der Waals surface area contributed by atoms with Crippen LogP contribution in [0.1, 0.15) is 69.7 Å². The maximum absolute atomic E-state index is 15.0. The van der Waals surface area contributed by atoms with Crippen LogP contribution in [0.3, 0.4) is 0 Å². The fourth-order valence-electron chi connectivity index (χ4n) is 4.99. The van der Waals surface area contributed by atoms with Crippen molar-refractivity contribution in [3.63, 3.8) is 0 Å². The number of likely N-dealkylation sites (tertiary alicyclic amines) is 1. The molecule has 4 rings (SSSR count). The summed E-state index contributed by atoms with van der Waals surface area (Å²) in [6, 6.07) is 6.79. The number of nitrogens with zero attached hydrogens (tertiary/aromatic N) is 4. The van der Waals surface area contributed by atoms with Gasteiger partial charge >= 0.3 is 6.09 Å². The molecule has 1 saturated carbocycles. The van der Waals surface area contributed by atoms with Crippen molar-refractivity contribution in [2.75, 3.05) is 29.9 Å². The largest absolute Gasteiger partial charge is 0.444 e. The lowest BCUT2D eigenvalue weighted by molar-refractivity contribution is 0.0185. The highest BCUT2D eigenvalue weighted by molar-refractivity contribution is 9.10. The van der Waals surface area contributed by atoms with E-state index in [0.29, 0.717) is 44.2 Å². The quantitative estimate of drug-likeness (QED) is 0.456. The Bertz CT molecular complexity index is 1160. The van der Waals surface area contributed by atoms with E-state index in [1.54, 1.807) is 29.3 Å². The smallest absolute Gasteiger partial charge is 0.410 e. The lowest BCUT2D eigenvalue weighted by Gasteiger charge is -2.35. The molecule has 2 fully saturated rings. The Morgan fingerprint density at radius 3 is 2.51 bits per heavy atom. The van der Waals surface area contributed by atoms with Crippen molar-refractivity contribution in [3.8, 4) is 0 Å². The van der Waals surface area contributed by atoms with E-state index < -0.39 is 17.3 Å². The van der Waals surface area contributed by atoms with E-state index in [9.17, 15) is 14.0 Å². The zero-order chi connectivity index (χ0) is 28.2. The van der Waals surface area contributed by atoms with Gasteiger partial charge in [-0.3, -0.25) is 9.69 Å². The predicted molar refractivity (Wildman–Crippen MR) is 152 cm³/mol. The highest BCUT2D eigenvalue weighted by Gasteiger charge is 2.31. The molecule has 1 saturated heterocycles. The maximum atomic E-state index is 15.0. The minimum atomic E-state index is -0.613. The first-order valence-electron chi connectivity index (χ1n) is 13.6. The average molecular weight is 606 g/mol. The number of hydrogen-bond acceptors (Lipinski definition) is 7. The molecular formula is C28H38BrFN6O3. The van der Waals surface area contributed by atoms with Crippen molar-refractivity contribution in [1.29, 1.82) is 0 Å². The van der Waals surface area contributed by atoms with Crippen LogP contribution in [0.4, 0.5) is 21.0 Å². The van der Waals surface area contributed by atoms with Gasteiger partial charge in [0.25, 0.3) is 5.91 Å². The van der Waals surface area contributed by atoms with Crippen molar-refractivity contribution in [3.05, 3.63) is 46.3 Å². The summed E-state index contributed by atoms with van der Waals surface area (Å²) >= 11 is 3.19. The molecule has 212 valence electrons. The molecule has 1 aliphatic heterocycles. The van der Waals surface area contributed by atoms with Crippen LogP contribution in [0.15, 0.2) is 34.9 Å². The second-order valence-electron chi connectivity index (χ2n) is 11.4. The molecule has 1 aromatic carbocycles. The summed E-state index contributed by atoms with van der Waals surface area (Å²) in [6.07, 6.45) is 6.37. The van der Waals surface area contributed by atoms with E-state index in [4.69, 9.17) is 10.5 Å². The first kappa shape index (κ1) is 29.2. The van der Waals surface area contributed by atoms with Gasteiger partial charge in [-0.1, -0.05) is 6.07 Å². The van der Waals surface area contributed by atoms with E-state index in [2.05, 4.69) is 31.2 Å². The number of nitrogens with two attached hydrogens (primary N) is 1. The number of halogens is 2. The Labute approximate surface area is 237 Å². The molecule has 1 aromatic heterocycles. The molecule has 2 heterocycles. The third kappa shape index (κ3) is 7.88. The van der Waals surface area contributed by atoms with Crippen molar-refractivity contribution in [1.82, 2.24) is 14.9 Å². The summed E-state index contributed by atoms with van der Waals surface area (Å²) in [5.74, 6) is -0.164. The number of anilines is 2. The van der Waals surface area contributed by atoms with Crippen LogP contribution >= 0.6 is 15.9 Å². The highest BCUT2D eigenvalue weighted by Crippen LogP contribution is 2.27. The van der Waals surface area contributed by atoms with Crippen LogP contribution in [0.2, 0.25) is 0 Å². The first-order valence-corrected chi connectivity index (χ1v) is 14.4. The summed E-state index contributed by atoms with van der Waals surface area (Å²) in [7, 11) is 0. The third-order valence-corrected chi connectivity index (χ3v) is 7.77. The molecule has 39 heavy (non-hydrogen) atoms. The van der Waals surface area contributed by atoms with Gasteiger partial charge in [0.1, 0.15) is 17.2 Å². The van der Waals surface area contributed by atoms with Crippen LogP contribution in [-0.2, 0) is 4.74 Å². The SMILES string of the molecule is CC(C)(C)OC(=O)N1CCC(CN(C(=O)c2cccc(Br)c2F)c2ccnc(NC3CCC(N)CC3)n2)CC1. The Kier molecular flexibility index (Phi) is 9.43. The molecule has 3 N–H and O–H groups in total. The molecule has 2 aliphatic rings. The number of aromatic nitrogens is 2. The van der Waals surface area contributed by atoms with Crippen molar-refractivity contribution < 1.29 is 18.7 Å². The number of hydrogen-bond donors (Lipinski definition) is 2. The molecule has 2 amide bonds. The minimum Gasteiger partial charge on any atom is -0.444 e. The van der Waals surface area contributed by atoms with E-state index in [0.717, 1.165) is 25.7 Å². The summed E-state index contributed by atoms with van der Waals surface area (Å²) < 4.78 is 20.7. The number of rotatable bonds is 6. The highest BCUT2D eigenvalue weighted by atomic mass is 79.9. The number of nitrogens with one attached hydrogen (secondary N) is 1. The van der Waals surface area contributed by atoms with Crippen LogP contribution < -0.4 is 16.0 Å². The summed E-state index contributed by atoms with van der Waals surface area (Å²) in [4.78, 5) is 38.5. The Morgan fingerprint density at radius 1 is 1.15 bits per heavy atom. The summed E-state index contributed by atoms with van der Waals surface area (Å²) in [5, 5.41) is 3.38. The van der Waals surface area contributed by atoms with Crippen LogP contribution in [0.25, 0.3) is 0 Å². The summed E-state index contributed by atoms with van der Waals surface area (Å²) in [6.45, 7) is 6.91. The van der Waals surface area contributed by atoms with Gasteiger partial charge in [0.15, 0.2) is 0 Å². The monoisotopic (exact) mass is 604 g/mol. The van der Waals surface area contributed by atoms with E-state index in [-0.39, 0.29) is 34.1 Å². The fourth-order valence-corrected chi connectivity index (χ4v) is 5.36. The molecule has 0 atom stereocenters. The van der Waals surface area contributed by atoms with Gasteiger partial charge in [-0.2, -0.15) is 4.98 Å². The zero-order valence-electron chi connectivity index (χ0n) is 22.8. The Hall–Kier alpha value is -2.79. The number of carbonyl (C=O) groups is 2. The van der Waals surface area contributed by atoms with E-state index >= 15 is 0 Å². The van der Waals surface area contributed by atoms with Crippen LogP contribution in [-0.4, -0.2) is 64.2 Å². The fraction of sp³-hybridized carbons (Fsp3) is 0.571. The topological polar surface area (TPSA) is 114 Å². The standard InChI is InChI=1S/C28H38BrFN6O3/c1-28(2,3)39-27(38)35-15-12-18(13-16-35)17-36(25(37)21-5-4-6-22(29)24(21)30)23-11-14-32-26(34-23)33-20-9-7-19(31)8-10-20/h4-6,11,14,18-20H,7-10,12-13,15-17,31H2,1-3H3,(H,32,33,34). The van der Waals surface area contributed by atoms with Gasteiger partial charge < -0.3 is 20.7 Å². The van der Waals surface area contributed by atoms with E-state index in [1.807, 2.05) is 20.8 Å². The zero-order valence-corrected chi connectivity index (χ0v) is 24.4. The third-order valence-electron chi connectivity index (χ3n) is 7.16. The van der Waals surface area contributed by atoms with Gasteiger partial charge in [0.2, 0.25) is 5.95 Å². The average Bonchev–Trinajstić information content (AvgIpc) is 2.89. The molecule has 0 spiro atoms. The lowest BCUT2D eigenvalue weighted by Crippen LogP contribution is -2.45. The van der Waals surface area contributed by atoms with Crippen molar-refractivity contribution in [2.24, 2.45) is 11.7 Å². The number of benzene rings is 1. The number of piperidine rings is 1. The van der Waals surface area contributed by atoms with Gasteiger partial charge in [-0.15, -0.1) is 0 Å². The van der Waals surface area contributed by atoms with Gasteiger partial charge in [0, 0.05) is 37.9 Å². The summed E-state index contributed by atoms with van der Waals surface area (Å²) in [5.41, 5.74) is 5.44. The maximum Gasteiger partial charge on any atom is 0.410 e. The van der Waals surface area contributed by atoms with Crippen molar-refractivity contribution >= 4 is 39.7 Å². The van der Waals surface area contributed by atoms with E-state index in [1.165, 1.54) is 11.0 Å². The van der Waals surface area contributed by atoms with Gasteiger partial charge in [-0.25, -0.2) is 14.2 Å². The van der Waals surface area contributed by atoms with Crippen LogP contribution in [0.5, 0.6) is 0 Å². The first-order chi connectivity index (χ1) is 18.5. The molecule has 1 aliphatic carbocycles. The lowest BCUT2D eigenvalue weighted by atomic mass is 9.92. The molecule has 0 unspecified atom stereocenters. The minimum absolute atomic E-state index is 0.0371. The number of ether oxygens (including phenoxy) is 1. The van der Waals surface area contributed by atoms with Crippen molar-refractivity contribution in [2.45, 2.75) is 77.0 Å². The molecule has 2 aromatic rings. The number of carbonyl (C=O) groups excluding carboxylic acids is 2. The van der Waals surface area contributed by atoms with Crippen LogP contribution in [0, 0.1) is 11.7 Å². The van der Waals surface area contributed by atoms with Gasteiger partial charge in [-0.05, 0) is 99.3 Å². The Balaban J connectivity index is 1.52.